The highest BCUT2D eigenvalue weighted by Gasteiger charge is 2.36. The van der Waals surface area contributed by atoms with Crippen molar-refractivity contribution in [3.8, 4) is 0 Å². The number of hydrogen-bond donors (Lipinski definition) is 1. The van der Waals surface area contributed by atoms with E-state index in [4.69, 9.17) is 4.74 Å². The van der Waals surface area contributed by atoms with Gasteiger partial charge in [0.05, 0.1) is 13.0 Å². The summed E-state index contributed by atoms with van der Waals surface area (Å²) in [7, 11) is 1.59. The van der Waals surface area contributed by atoms with Gasteiger partial charge in [0.2, 0.25) is 11.8 Å². The van der Waals surface area contributed by atoms with E-state index < -0.39 is 6.04 Å². The van der Waals surface area contributed by atoms with Gasteiger partial charge in [-0.15, -0.1) is 0 Å². The minimum absolute atomic E-state index is 0.0446. The average molecular weight is 352 g/mol. The number of aryl methyl sites for hydroxylation is 1. The van der Waals surface area contributed by atoms with E-state index in [0.29, 0.717) is 26.1 Å². The molecule has 1 N–H and O–H groups in total. The summed E-state index contributed by atoms with van der Waals surface area (Å²) in [4.78, 5) is 27.2. The summed E-state index contributed by atoms with van der Waals surface area (Å²) in [6.45, 7) is 3.25. The Balaban J connectivity index is 1.84. The summed E-state index contributed by atoms with van der Waals surface area (Å²) in [5, 5.41) is 3.00. The van der Waals surface area contributed by atoms with Gasteiger partial charge in [0.15, 0.2) is 0 Å². The standard InChI is InChI=1S/C21H24N2O3/c1-15-7-3-4-9-17(15)14-22-21(25)20-18-10-6-5-8-16(18)13-19(24)23(20)11-12-26-2/h3-10,20H,11-14H2,1-2H3,(H,22,25)/t20-/m0/s1. The number of amides is 2. The van der Waals surface area contributed by atoms with E-state index in [9.17, 15) is 9.59 Å². The summed E-state index contributed by atoms with van der Waals surface area (Å²) < 4.78 is 5.13. The van der Waals surface area contributed by atoms with Gasteiger partial charge in [-0.1, -0.05) is 48.5 Å². The fourth-order valence-electron chi connectivity index (χ4n) is 3.35. The highest BCUT2D eigenvalue weighted by molar-refractivity contribution is 5.92. The Morgan fingerprint density at radius 1 is 1.19 bits per heavy atom. The first kappa shape index (κ1) is 18.1. The molecule has 0 spiro atoms. The minimum atomic E-state index is -0.619. The van der Waals surface area contributed by atoms with E-state index >= 15 is 0 Å². The van der Waals surface area contributed by atoms with Crippen molar-refractivity contribution in [3.05, 3.63) is 70.8 Å². The number of nitrogens with one attached hydrogen (secondary N) is 1. The zero-order valence-corrected chi connectivity index (χ0v) is 15.2. The van der Waals surface area contributed by atoms with Crippen molar-refractivity contribution in [1.29, 1.82) is 0 Å². The molecule has 2 aromatic carbocycles. The van der Waals surface area contributed by atoms with Crippen LogP contribution in [-0.4, -0.2) is 37.0 Å². The molecule has 5 nitrogen and oxygen atoms in total. The molecule has 0 aliphatic carbocycles. The second-order valence-electron chi connectivity index (χ2n) is 6.50. The van der Waals surface area contributed by atoms with E-state index in [0.717, 1.165) is 22.3 Å². The van der Waals surface area contributed by atoms with Gasteiger partial charge in [0, 0.05) is 20.2 Å². The molecule has 5 heteroatoms. The van der Waals surface area contributed by atoms with E-state index in [2.05, 4.69) is 5.32 Å². The molecule has 0 unspecified atom stereocenters. The first-order valence-electron chi connectivity index (χ1n) is 8.80. The molecular weight excluding hydrogens is 328 g/mol. The number of carbonyl (C=O) groups is 2. The topological polar surface area (TPSA) is 58.6 Å². The molecule has 3 rings (SSSR count). The molecule has 0 saturated carbocycles. The van der Waals surface area contributed by atoms with Crippen LogP contribution in [0.4, 0.5) is 0 Å². The zero-order valence-electron chi connectivity index (χ0n) is 15.2. The minimum Gasteiger partial charge on any atom is -0.383 e. The molecule has 0 fully saturated rings. The van der Waals surface area contributed by atoms with Crippen molar-refractivity contribution in [2.75, 3.05) is 20.3 Å². The Bertz CT molecular complexity index is 803. The van der Waals surface area contributed by atoms with Crippen LogP contribution in [0.1, 0.15) is 28.3 Å². The molecule has 2 amide bonds. The molecule has 1 heterocycles. The van der Waals surface area contributed by atoms with Crippen molar-refractivity contribution in [2.45, 2.75) is 25.9 Å². The summed E-state index contributed by atoms with van der Waals surface area (Å²) in [5.41, 5.74) is 4.01. The summed E-state index contributed by atoms with van der Waals surface area (Å²) >= 11 is 0. The predicted octanol–water partition coefficient (Wildman–Crippen LogP) is 2.38. The summed E-state index contributed by atoms with van der Waals surface area (Å²) in [6.07, 6.45) is 0.321. The van der Waals surface area contributed by atoms with Gasteiger partial charge in [0.1, 0.15) is 6.04 Å². The van der Waals surface area contributed by atoms with E-state index in [-0.39, 0.29) is 11.8 Å². The lowest BCUT2D eigenvalue weighted by molar-refractivity contribution is -0.142. The van der Waals surface area contributed by atoms with Crippen molar-refractivity contribution < 1.29 is 14.3 Å². The molecule has 1 atom stereocenters. The normalized spacial score (nSPS) is 16.3. The molecule has 0 radical (unpaired) electrons. The van der Waals surface area contributed by atoms with Gasteiger partial charge in [-0.05, 0) is 29.2 Å². The van der Waals surface area contributed by atoms with Crippen LogP contribution in [0.25, 0.3) is 0 Å². The van der Waals surface area contributed by atoms with E-state index in [1.165, 1.54) is 0 Å². The van der Waals surface area contributed by atoms with Crippen LogP contribution < -0.4 is 5.32 Å². The number of fused-ring (bicyclic) bond motifs is 1. The summed E-state index contributed by atoms with van der Waals surface area (Å²) in [6, 6.07) is 15.0. The predicted molar refractivity (Wildman–Crippen MR) is 99.5 cm³/mol. The third-order valence-electron chi connectivity index (χ3n) is 4.82. The molecule has 26 heavy (non-hydrogen) atoms. The zero-order chi connectivity index (χ0) is 18.5. The smallest absolute Gasteiger partial charge is 0.247 e. The van der Waals surface area contributed by atoms with Crippen LogP contribution in [-0.2, 0) is 27.3 Å². The largest absolute Gasteiger partial charge is 0.383 e. The van der Waals surface area contributed by atoms with Crippen molar-refractivity contribution in [3.63, 3.8) is 0 Å². The quantitative estimate of drug-likeness (QED) is 0.868. The Morgan fingerprint density at radius 3 is 2.69 bits per heavy atom. The Kier molecular flexibility index (Phi) is 5.68. The number of nitrogens with zero attached hydrogens (tertiary/aromatic N) is 1. The van der Waals surface area contributed by atoms with Gasteiger partial charge in [0.25, 0.3) is 0 Å². The number of carbonyl (C=O) groups excluding carboxylic acids is 2. The first-order chi connectivity index (χ1) is 12.6. The number of benzene rings is 2. The van der Waals surface area contributed by atoms with Crippen LogP contribution in [0, 0.1) is 6.92 Å². The molecular formula is C21H24N2O3. The number of hydrogen-bond acceptors (Lipinski definition) is 3. The third kappa shape index (κ3) is 3.78. The second-order valence-corrected chi connectivity index (χ2v) is 6.50. The Labute approximate surface area is 154 Å². The van der Waals surface area contributed by atoms with Gasteiger partial charge in [-0.25, -0.2) is 0 Å². The maximum Gasteiger partial charge on any atom is 0.247 e. The lowest BCUT2D eigenvalue weighted by Crippen LogP contribution is -2.48. The Morgan fingerprint density at radius 2 is 1.92 bits per heavy atom. The highest BCUT2D eigenvalue weighted by Crippen LogP contribution is 2.30. The van der Waals surface area contributed by atoms with Gasteiger partial charge in [-0.3, -0.25) is 9.59 Å². The SMILES string of the molecule is COCCN1C(=O)Cc2ccccc2[C@H]1C(=O)NCc1ccccc1C. The van der Waals surface area contributed by atoms with E-state index in [1.54, 1.807) is 12.0 Å². The molecule has 1 aliphatic heterocycles. The summed E-state index contributed by atoms with van der Waals surface area (Å²) in [5.74, 6) is -0.207. The maximum absolute atomic E-state index is 13.0. The second kappa shape index (κ2) is 8.15. The Hall–Kier alpha value is -2.66. The van der Waals surface area contributed by atoms with Crippen LogP contribution >= 0.6 is 0 Å². The monoisotopic (exact) mass is 352 g/mol. The number of ether oxygens (including phenoxy) is 1. The van der Waals surface area contributed by atoms with Crippen molar-refractivity contribution >= 4 is 11.8 Å². The van der Waals surface area contributed by atoms with Gasteiger partial charge < -0.3 is 15.0 Å². The lowest BCUT2D eigenvalue weighted by Gasteiger charge is -2.36. The molecule has 1 aliphatic rings. The lowest BCUT2D eigenvalue weighted by atomic mass is 9.91. The number of methoxy groups -OCH3 is 1. The van der Waals surface area contributed by atoms with Gasteiger partial charge in [-0.2, -0.15) is 0 Å². The molecule has 0 bridgehead atoms. The van der Waals surface area contributed by atoms with Crippen LogP contribution in [0.15, 0.2) is 48.5 Å². The number of rotatable bonds is 6. The van der Waals surface area contributed by atoms with Crippen LogP contribution in [0.5, 0.6) is 0 Å². The fraction of sp³-hybridized carbons (Fsp3) is 0.333. The van der Waals surface area contributed by atoms with Crippen molar-refractivity contribution in [1.82, 2.24) is 10.2 Å². The molecule has 2 aromatic rings. The first-order valence-corrected chi connectivity index (χ1v) is 8.80. The highest BCUT2D eigenvalue weighted by atomic mass is 16.5. The van der Waals surface area contributed by atoms with E-state index in [1.807, 2.05) is 55.5 Å². The van der Waals surface area contributed by atoms with Crippen LogP contribution in [0.2, 0.25) is 0 Å². The molecule has 0 saturated heterocycles. The van der Waals surface area contributed by atoms with Crippen molar-refractivity contribution in [2.24, 2.45) is 0 Å². The molecule has 0 aromatic heterocycles. The average Bonchev–Trinajstić information content (AvgIpc) is 2.65. The maximum atomic E-state index is 13.0. The fourth-order valence-corrected chi connectivity index (χ4v) is 3.35. The van der Waals surface area contributed by atoms with Crippen LogP contribution in [0.3, 0.4) is 0 Å². The molecule has 136 valence electrons. The third-order valence-corrected chi connectivity index (χ3v) is 4.82. The van der Waals surface area contributed by atoms with Gasteiger partial charge >= 0.3 is 0 Å².